The summed E-state index contributed by atoms with van der Waals surface area (Å²) in [6.45, 7) is 5.26. The molecule has 4 rings (SSSR count). The lowest BCUT2D eigenvalue weighted by molar-refractivity contribution is -0.120. The second-order valence-corrected chi connectivity index (χ2v) is 10.7. The molecule has 2 atom stereocenters. The van der Waals surface area contributed by atoms with Crippen molar-refractivity contribution in [3.05, 3.63) is 69.9 Å². The van der Waals surface area contributed by atoms with Crippen LogP contribution in [0.1, 0.15) is 44.4 Å². The number of fused-ring (bicyclic) bond motifs is 3. The third-order valence-corrected chi connectivity index (χ3v) is 7.53. The van der Waals surface area contributed by atoms with Crippen LogP contribution in [-0.2, 0) is 16.0 Å². The molecule has 0 fully saturated rings. The minimum absolute atomic E-state index is 0.148. The molecule has 0 aliphatic heterocycles. The number of aryl methyl sites for hydroxylation is 1. The molecule has 1 aliphatic carbocycles. The Morgan fingerprint density at radius 3 is 2.16 bits per heavy atom. The number of hydrogen-bond donors (Lipinski definition) is 3. The third-order valence-electron chi connectivity index (χ3n) is 7.53. The molecule has 3 N–H and O–H groups in total. The van der Waals surface area contributed by atoms with Gasteiger partial charge in [-0.3, -0.25) is 14.4 Å². The van der Waals surface area contributed by atoms with Gasteiger partial charge in [-0.1, -0.05) is 19.9 Å². The number of carbonyl (C=O) groups excluding carboxylic acids is 2. The Balaban J connectivity index is 1.82. The van der Waals surface area contributed by atoms with Gasteiger partial charge >= 0.3 is 0 Å². The lowest BCUT2D eigenvalue weighted by atomic mass is 9.95. The fourth-order valence-corrected chi connectivity index (χ4v) is 5.42. The van der Waals surface area contributed by atoms with Gasteiger partial charge in [0.2, 0.25) is 23.0 Å². The van der Waals surface area contributed by atoms with Crippen molar-refractivity contribution >= 4 is 23.2 Å². The summed E-state index contributed by atoms with van der Waals surface area (Å²) in [5.74, 6) is 1.45. The Hall–Kier alpha value is -4.73. The molecule has 0 saturated carbocycles. The second-order valence-electron chi connectivity index (χ2n) is 10.7. The molecule has 10 heteroatoms. The summed E-state index contributed by atoms with van der Waals surface area (Å²) in [4.78, 5) is 39.3. The number of hydrogen-bond acceptors (Lipinski definition) is 8. The number of nitrogens with one attached hydrogen (secondary N) is 3. The van der Waals surface area contributed by atoms with Crippen LogP contribution in [0.15, 0.2) is 53.3 Å². The van der Waals surface area contributed by atoms with Crippen LogP contribution >= 0.6 is 0 Å². The standard InChI is InChI=1S/C33H39N3O7/c1-18(2)30(33(39)35-21-9-11-22(40-4)12-10-21)36-26-15-13-23-24(17-27(26)38)25(34-19(3)37)14-8-20-16-28(41-5)31(42-6)32(43-7)29(20)23/h9-13,15-18,25,30H,8,14H2,1-7H3,(H,34,37)(H,35,39)(H,36,38)/t25-,30-/m0/s1. The fraction of sp³-hybridized carbons (Fsp3) is 0.364. The van der Waals surface area contributed by atoms with Crippen LogP contribution in [0.25, 0.3) is 11.1 Å². The predicted octanol–water partition coefficient (Wildman–Crippen LogP) is 4.95. The minimum atomic E-state index is -0.714. The van der Waals surface area contributed by atoms with Crippen LogP contribution in [0.3, 0.4) is 0 Å². The summed E-state index contributed by atoms with van der Waals surface area (Å²) >= 11 is 0. The zero-order valence-electron chi connectivity index (χ0n) is 25.6. The van der Waals surface area contributed by atoms with E-state index in [-0.39, 0.29) is 28.8 Å². The van der Waals surface area contributed by atoms with Gasteiger partial charge in [0.05, 0.1) is 40.2 Å². The summed E-state index contributed by atoms with van der Waals surface area (Å²) in [5.41, 5.74) is 3.57. The van der Waals surface area contributed by atoms with Crippen molar-refractivity contribution in [3.63, 3.8) is 0 Å². The Kier molecular flexibility index (Phi) is 9.80. The number of rotatable bonds is 10. The largest absolute Gasteiger partial charge is 0.497 e. The van der Waals surface area contributed by atoms with E-state index in [4.69, 9.17) is 18.9 Å². The highest BCUT2D eigenvalue weighted by atomic mass is 16.5. The molecule has 2 amide bonds. The minimum Gasteiger partial charge on any atom is -0.497 e. The first-order chi connectivity index (χ1) is 20.6. The van der Waals surface area contributed by atoms with Crippen LogP contribution in [0.2, 0.25) is 0 Å². The summed E-state index contributed by atoms with van der Waals surface area (Å²) in [6, 6.07) is 12.8. The average Bonchev–Trinajstić information content (AvgIpc) is 3.23. The van der Waals surface area contributed by atoms with Gasteiger partial charge in [0.15, 0.2) is 11.5 Å². The molecule has 0 bridgehead atoms. The Bertz CT molecular complexity index is 1550. The van der Waals surface area contributed by atoms with E-state index in [9.17, 15) is 14.4 Å². The molecule has 0 radical (unpaired) electrons. The molecular weight excluding hydrogens is 550 g/mol. The first-order valence-electron chi connectivity index (χ1n) is 14.1. The summed E-state index contributed by atoms with van der Waals surface area (Å²) < 4.78 is 22.3. The highest BCUT2D eigenvalue weighted by molar-refractivity contribution is 5.97. The van der Waals surface area contributed by atoms with Crippen molar-refractivity contribution < 1.29 is 28.5 Å². The molecule has 10 nitrogen and oxygen atoms in total. The van der Waals surface area contributed by atoms with Gasteiger partial charge in [-0.25, -0.2) is 0 Å². The van der Waals surface area contributed by atoms with E-state index in [0.717, 1.165) is 11.1 Å². The molecule has 3 aromatic carbocycles. The molecule has 43 heavy (non-hydrogen) atoms. The van der Waals surface area contributed by atoms with E-state index in [1.54, 1.807) is 51.7 Å². The van der Waals surface area contributed by atoms with Gasteiger partial charge in [-0.15, -0.1) is 0 Å². The van der Waals surface area contributed by atoms with E-state index in [1.807, 2.05) is 26.0 Å². The first-order valence-corrected chi connectivity index (χ1v) is 14.1. The van der Waals surface area contributed by atoms with Crippen LogP contribution in [0.5, 0.6) is 23.0 Å². The van der Waals surface area contributed by atoms with Crippen molar-refractivity contribution in [2.24, 2.45) is 5.92 Å². The van der Waals surface area contributed by atoms with E-state index >= 15 is 0 Å². The normalized spacial score (nSPS) is 14.4. The summed E-state index contributed by atoms with van der Waals surface area (Å²) in [5, 5.41) is 9.11. The molecule has 0 spiro atoms. The first kappa shape index (κ1) is 31.2. The summed E-state index contributed by atoms with van der Waals surface area (Å²) in [6.07, 6.45) is 1.14. The van der Waals surface area contributed by atoms with Crippen LogP contribution in [0, 0.1) is 5.92 Å². The SMILES string of the molecule is COc1ccc(NC(=O)[C@@H](Nc2ccc3c(cc2=O)[C@@H](NC(C)=O)CCc2cc(OC)c(OC)c(OC)c2-3)C(C)C)cc1. The quantitative estimate of drug-likeness (QED) is 0.304. The van der Waals surface area contributed by atoms with Crippen molar-refractivity contribution in [1.82, 2.24) is 5.32 Å². The van der Waals surface area contributed by atoms with E-state index in [2.05, 4.69) is 16.0 Å². The third kappa shape index (κ3) is 6.69. The highest BCUT2D eigenvalue weighted by Gasteiger charge is 2.30. The molecular formula is C33H39N3O7. The molecule has 0 saturated heterocycles. The Labute approximate surface area is 251 Å². The van der Waals surface area contributed by atoms with Gasteiger partial charge in [0, 0.05) is 18.2 Å². The predicted molar refractivity (Wildman–Crippen MR) is 167 cm³/mol. The average molecular weight is 590 g/mol. The van der Waals surface area contributed by atoms with E-state index in [0.29, 0.717) is 52.7 Å². The smallest absolute Gasteiger partial charge is 0.247 e. The van der Waals surface area contributed by atoms with Gasteiger partial charge in [-0.2, -0.15) is 0 Å². The maximum atomic E-state index is 13.7. The highest BCUT2D eigenvalue weighted by Crippen LogP contribution is 2.50. The van der Waals surface area contributed by atoms with Crippen molar-refractivity contribution in [2.75, 3.05) is 39.1 Å². The monoisotopic (exact) mass is 589 g/mol. The maximum absolute atomic E-state index is 13.7. The second kappa shape index (κ2) is 13.5. The zero-order chi connectivity index (χ0) is 31.3. The molecule has 1 aliphatic rings. The van der Waals surface area contributed by atoms with Crippen LogP contribution < -0.4 is 40.3 Å². The molecule has 0 heterocycles. The molecule has 0 unspecified atom stereocenters. The number of carbonyl (C=O) groups is 2. The van der Waals surface area contributed by atoms with Gasteiger partial charge in [0.1, 0.15) is 11.8 Å². The van der Waals surface area contributed by atoms with Gasteiger partial charge in [0.25, 0.3) is 0 Å². The number of amides is 2. The maximum Gasteiger partial charge on any atom is 0.247 e. The van der Waals surface area contributed by atoms with Crippen molar-refractivity contribution in [2.45, 2.75) is 45.7 Å². The lowest BCUT2D eigenvalue weighted by Crippen LogP contribution is -2.39. The van der Waals surface area contributed by atoms with Crippen molar-refractivity contribution in [1.29, 1.82) is 0 Å². The fourth-order valence-electron chi connectivity index (χ4n) is 5.42. The van der Waals surface area contributed by atoms with Crippen LogP contribution in [0.4, 0.5) is 11.4 Å². The number of methoxy groups -OCH3 is 4. The van der Waals surface area contributed by atoms with E-state index in [1.165, 1.54) is 20.1 Å². The zero-order valence-corrected chi connectivity index (χ0v) is 25.6. The lowest BCUT2D eigenvalue weighted by Gasteiger charge is -2.22. The van der Waals surface area contributed by atoms with Gasteiger partial charge in [-0.05, 0) is 77.9 Å². The van der Waals surface area contributed by atoms with Crippen molar-refractivity contribution in [3.8, 4) is 34.1 Å². The number of anilines is 2. The van der Waals surface area contributed by atoms with Gasteiger partial charge < -0.3 is 34.9 Å². The topological polar surface area (TPSA) is 124 Å². The Morgan fingerprint density at radius 1 is 0.884 bits per heavy atom. The Morgan fingerprint density at radius 2 is 1.58 bits per heavy atom. The molecule has 3 aromatic rings. The molecule has 0 aromatic heterocycles. The van der Waals surface area contributed by atoms with E-state index < -0.39 is 12.1 Å². The number of ether oxygens (including phenoxy) is 4. The molecule has 228 valence electrons. The summed E-state index contributed by atoms with van der Waals surface area (Å²) in [7, 11) is 6.23. The number of benzene rings is 2. The van der Waals surface area contributed by atoms with Crippen LogP contribution in [-0.4, -0.2) is 46.3 Å².